The van der Waals surface area contributed by atoms with Gasteiger partial charge in [0.25, 0.3) is 0 Å². The fraction of sp³-hybridized carbons (Fsp3) is 0.200. The van der Waals surface area contributed by atoms with Crippen LogP contribution in [0.5, 0.6) is 5.88 Å². The molecule has 0 fully saturated rings. The van der Waals surface area contributed by atoms with E-state index in [1.807, 2.05) is 37.3 Å². The van der Waals surface area contributed by atoms with E-state index in [1.165, 1.54) is 0 Å². The van der Waals surface area contributed by atoms with Gasteiger partial charge in [0.15, 0.2) is 0 Å². The zero-order valence-electron chi connectivity index (χ0n) is 11.1. The van der Waals surface area contributed by atoms with E-state index in [4.69, 9.17) is 4.74 Å². The summed E-state index contributed by atoms with van der Waals surface area (Å²) in [5, 5.41) is 17.3. The molecule has 2 N–H and O–H groups in total. The third-order valence-electron chi connectivity index (χ3n) is 3.23. The summed E-state index contributed by atoms with van der Waals surface area (Å²) in [4.78, 5) is 4.41. The number of aliphatic hydroxyl groups is 1. The molecular weight excluding hydrogens is 254 g/mol. The molecule has 0 saturated heterocycles. The van der Waals surface area contributed by atoms with Crippen molar-refractivity contribution in [1.82, 2.24) is 15.2 Å². The molecular formula is C15H15N3O2. The largest absolute Gasteiger partial charge is 0.473 e. The van der Waals surface area contributed by atoms with Crippen molar-refractivity contribution in [3.63, 3.8) is 0 Å². The van der Waals surface area contributed by atoms with E-state index in [-0.39, 0.29) is 6.61 Å². The van der Waals surface area contributed by atoms with Crippen LogP contribution >= 0.6 is 0 Å². The minimum absolute atomic E-state index is 0.132. The van der Waals surface area contributed by atoms with Crippen molar-refractivity contribution in [3.8, 4) is 5.88 Å². The first-order chi connectivity index (χ1) is 9.79. The molecule has 3 rings (SSSR count). The van der Waals surface area contributed by atoms with E-state index < -0.39 is 0 Å². The van der Waals surface area contributed by atoms with Crippen LogP contribution in [0.25, 0.3) is 10.9 Å². The molecule has 0 bridgehead atoms. The van der Waals surface area contributed by atoms with Gasteiger partial charge in [-0.1, -0.05) is 30.3 Å². The number of ether oxygens (including phenoxy) is 1. The van der Waals surface area contributed by atoms with Gasteiger partial charge in [0.1, 0.15) is 6.61 Å². The number of aryl methyl sites for hydroxylation is 1. The number of aromatic amines is 1. The molecule has 3 aromatic rings. The van der Waals surface area contributed by atoms with Crippen LogP contribution in [0.15, 0.2) is 36.5 Å². The second-order valence-electron chi connectivity index (χ2n) is 4.57. The van der Waals surface area contributed by atoms with Crippen molar-refractivity contribution >= 4 is 10.9 Å². The first-order valence-electron chi connectivity index (χ1n) is 6.39. The van der Waals surface area contributed by atoms with Crippen molar-refractivity contribution in [2.45, 2.75) is 20.1 Å². The Bertz CT molecular complexity index is 723. The van der Waals surface area contributed by atoms with Gasteiger partial charge in [0.2, 0.25) is 5.88 Å². The van der Waals surface area contributed by atoms with Crippen LogP contribution in [0.2, 0.25) is 0 Å². The quantitative estimate of drug-likeness (QED) is 0.762. The average molecular weight is 269 g/mol. The summed E-state index contributed by atoms with van der Waals surface area (Å²) in [7, 11) is 0. The van der Waals surface area contributed by atoms with Crippen molar-refractivity contribution in [2.24, 2.45) is 0 Å². The van der Waals surface area contributed by atoms with Crippen molar-refractivity contribution in [3.05, 3.63) is 53.3 Å². The van der Waals surface area contributed by atoms with Crippen LogP contribution in [0.1, 0.15) is 16.8 Å². The van der Waals surface area contributed by atoms with Gasteiger partial charge < -0.3 is 9.84 Å². The number of nitrogens with one attached hydrogen (secondary N) is 1. The summed E-state index contributed by atoms with van der Waals surface area (Å²) in [6.07, 6.45) is 1.69. The number of pyridine rings is 1. The van der Waals surface area contributed by atoms with E-state index in [2.05, 4.69) is 15.2 Å². The topological polar surface area (TPSA) is 71.0 Å². The van der Waals surface area contributed by atoms with E-state index >= 15 is 0 Å². The lowest BCUT2D eigenvalue weighted by atomic mass is 10.1. The van der Waals surface area contributed by atoms with E-state index in [1.54, 1.807) is 6.20 Å². The summed E-state index contributed by atoms with van der Waals surface area (Å²) < 4.78 is 5.76. The Kier molecular flexibility index (Phi) is 3.35. The van der Waals surface area contributed by atoms with Crippen LogP contribution in [0, 0.1) is 6.92 Å². The van der Waals surface area contributed by atoms with Gasteiger partial charge in [0, 0.05) is 5.39 Å². The molecule has 0 saturated carbocycles. The molecule has 0 spiro atoms. The van der Waals surface area contributed by atoms with Crippen molar-refractivity contribution < 1.29 is 9.84 Å². The predicted molar refractivity (Wildman–Crippen MR) is 75.3 cm³/mol. The Morgan fingerprint density at radius 1 is 1.25 bits per heavy atom. The second-order valence-corrected chi connectivity index (χ2v) is 4.57. The van der Waals surface area contributed by atoms with Crippen LogP contribution in [0.4, 0.5) is 0 Å². The van der Waals surface area contributed by atoms with Crippen LogP contribution in [0.3, 0.4) is 0 Å². The Morgan fingerprint density at radius 3 is 2.80 bits per heavy atom. The van der Waals surface area contributed by atoms with Crippen molar-refractivity contribution in [1.29, 1.82) is 0 Å². The lowest BCUT2D eigenvalue weighted by Crippen LogP contribution is -2.03. The highest BCUT2D eigenvalue weighted by Gasteiger charge is 2.14. The van der Waals surface area contributed by atoms with Gasteiger partial charge in [-0.05, 0) is 12.5 Å². The minimum atomic E-state index is -0.132. The van der Waals surface area contributed by atoms with Gasteiger partial charge in [-0.3, -0.25) is 5.10 Å². The molecule has 20 heavy (non-hydrogen) atoms. The number of nitrogens with zero attached hydrogens (tertiary/aromatic N) is 2. The standard InChI is InChI=1S/C15H15N3O2/c1-10-14-12(7-16-18-14)13(8-19)15(17-10)20-9-11-5-3-2-4-6-11/h2-7,19H,8-9H2,1H3,(H,16,18). The molecule has 2 aromatic heterocycles. The minimum Gasteiger partial charge on any atom is -0.473 e. The summed E-state index contributed by atoms with van der Waals surface area (Å²) >= 11 is 0. The van der Waals surface area contributed by atoms with Crippen LogP contribution < -0.4 is 4.74 Å². The molecule has 1 aromatic carbocycles. The smallest absolute Gasteiger partial charge is 0.220 e. The Morgan fingerprint density at radius 2 is 2.05 bits per heavy atom. The van der Waals surface area contributed by atoms with Crippen LogP contribution in [-0.4, -0.2) is 20.3 Å². The first kappa shape index (κ1) is 12.6. The normalized spacial score (nSPS) is 10.9. The number of benzene rings is 1. The van der Waals surface area contributed by atoms with Gasteiger partial charge in [-0.25, -0.2) is 4.98 Å². The number of fused-ring (bicyclic) bond motifs is 1. The number of hydrogen-bond donors (Lipinski definition) is 2. The fourth-order valence-electron chi connectivity index (χ4n) is 2.18. The van der Waals surface area contributed by atoms with Gasteiger partial charge in [-0.2, -0.15) is 5.10 Å². The molecule has 2 heterocycles. The first-order valence-corrected chi connectivity index (χ1v) is 6.39. The Balaban J connectivity index is 1.94. The number of rotatable bonds is 4. The maximum Gasteiger partial charge on any atom is 0.220 e. The highest BCUT2D eigenvalue weighted by molar-refractivity contribution is 5.84. The summed E-state index contributed by atoms with van der Waals surface area (Å²) in [6.45, 7) is 2.17. The van der Waals surface area contributed by atoms with Gasteiger partial charge in [0.05, 0.1) is 29.6 Å². The summed E-state index contributed by atoms with van der Waals surface area (Å²) in [5.41, 5.74) is 3.36. The SMILES string of the molecule is Cc1nc(OCc2ccccc2)c(CO)c2cn[nH]c12. The molecule has 0 unspecified atom stereocenters. The lowest BCUT2D eigenvalue weighted by molar-refractivity contribution is 0.254. The van der Waals surface area contributed by atoms with E-state index in [0.717, 1.165) is 22.2 Å². The summed E-state index contributed by atoms with van der Waals surface area (Å²) in [6, 6.07) is 9.86. The van der Waals surface area contributed by atoms with E-state index in [0.29, 0.717) is 18.1 Å². The second kappa shape index (κ2) is 5.30. The molecule has 0 aliphatic carbocycles. The third kappa shape index (κ3) is 2.23. The number of aliphatic hydroxyl groups excluding tert-OH is 1. The average Bonchev–Trinajstić information content (AvgIpc) is 2.96. The molecule has 0 aliphatic heterocycles. The predicted octanol–water partition coefficient (Wildman–Crippen LogP) is 2.34. The number of aromatic nitrogens is 3. The number of hydrogen-bond acceptors (Lipinski definition) is 4. The maximum atomic E-state index is 9.56. The molecule has 102 valence electrons. The molecule has 5 nitrogen and oxygen atoms in total. The maximum absolute atomic E-state index is 9.56. The third-order valence-corrected chi connectivity index (χ3v) is 3.23. The molecule has 0 atom stereocenters. The summed E-state index contributed by atoms with van der Waals surface area (Å²) in [5.74, 6) is 0.461. The molecule has 0 radical (unpaired) electrons. The lowest BCUT2D eigenvalue weighted by Gasteiger charge is -2.11. The Hall–Kier alpha value is -2.40. The molecule has 5 heteroatoms. The zero-order valence-corrected chi connectivity index (χ0v) is 11.1. The highest BCUT2D eigenvalue weighted by atomic mass is 16.5. The number of H-pyrrole nitrogens is 1. The van der Waals surface area contributed by atoms with Gasteiger partial charge in [-0.15, -0.1) is 0 Å². The Labute approximate surface area is 116 Å². The molecule has 0 aliphatic rings. The van der Waals surface area contributed by atoms with E-state index in [9.17, 15) is 5.11 Å². The van der Waals surface area contributed by atoms with Gasteiger partial charge >= 0.3 is 0 Å². The molecule has 0 amide bonds. The highest BCUT2D eigenvalue weighted by Crippen LogP contribution is 2.27. The monoisotopic (exact) mass is 269 g/mol. The fourth-order valence-corrected chi connectivity index (χ4v) is 2.18. The zero-order chi connectivity index (χ0) is 13.9. The van der Waals surface area contributed by atoms with Crippen LogP contribution in [-0.2, 0) is 13.2 Å². The van der Waals surface area contributed by atoms with Crippen molar-refractivity contribution in [2.75, 3.05) is 0 Å².